The first-order valence-electron chi connectivity index (χ1n) is 10.5. The summed E-state index contributed by atoms with van der Waals surface area (Å²) < 4.78 is 33.4. The molecule has 0 saturated carbocycles. The Kier molecular flexibility index (Phi) is 5.55. The number of anilines is 1. The maximum Gasteiger partial charge on any atom is 0.265 e. The van der Waals surface area contributed by atoms with E-state index >= 15 is 0 Å². The molecular weight excluding hydrogens is 456 g/mol. The minimum absolute atomic E-state index is 0.248. The van der Waals surface area contributed by atoms with Crippen molar-refractivity contribution in [3.63, 3.8) is 0 Å². The summed E-state index contributed by atoms with van der Waals surface area (Å²) in [7, 11) is -2.21. The minimum Gasteiger partial charge on any atom is -0.496 e. The van der Waals surface area contributed by atoms with Crippen LogP contribution in [0.3, 0.4) is 0 Å². The van der Waals surface area contributed by atoms with Crippen molar-refractivity contribution in [2.24, 2.45) is 0 Å². The molecule has 0 spiro atoms. The molecule has 0 unspecified atom stereocenters. The monoisotopic (exact) mass is 478 g/mol. The quantitative estimate of drug-likeness (QED) is 0.388. The third-order valence-electron chi connectivity index (χ3n) is 5.79. The fourth-order valence-electron chi connectivity index (χ4n) is 4.21. The predicted octanol–water partition coefficient (Wildman–Crippen LogP) is 4.65. The van der Waals surface area contributed by atoms with Crippen LogP contribution in [0.4, 0.5) is 5.69 Å². The fraction of sp³-hybridized carbons (Fsp3) is 0.160. The highest BCUT2D eigenvalue weighted by Crippen LogP contribution is 2.41. The summed E-state index contributed by atoms with van der Waals surface area (Å²) >= 11 is 1.56. The van der Waals surface area contributed by atoms with E-state index in [2.05, 4.69) is 0 Å². The molecule has 33 heavy (non-hydrogen) atoms. The zero-order valence-corrected chi connectivity index (χ0v) is 19.6. The SMILES string of the molecule is COc1ccccc1CN(Cc1cccs1)C(=O)CN1c2cccc3cccc(c23)S1(=O)=O. The molecule has 8 heteroatoms. The lowest BCUT2D eigenvalue weighted by atomic mass is 10.1. The number of nitrogens with zero attached hydrogens (tertiary/aromatic N) is 2. The number of ether oxygens (including phenoxy) is 1. The number of para-hydroxylation sites is 1. The first-order valence-corrected chi connectivity index (χ1v) is 12.8. The van der Waals surface area contributed by atoms with E-state index in [1.165, 1.54) is 4.31 Å². The van der Waals surface area contributed by atoms with Gasteiger partial charge in [0.15, 0.2) is 0 Å². The van der Waals surface area contributed by atoms with E-state index in [9.17, 15) is 13.2 Å². The molecule has 6 nitrogen and oxygen atoms in total. The Hall–Kier alpha value is -3.36. The summed E-state index contributed by atoms with van der Waals surface area (Å²) in [6, 6.07) is 22.1. The number of hydrogen-bond acceptors (Lipinski definition) is 5. The summed E-state index contributed by atoms with van der Waals surface area (Å²) in [6.07, 6.45) is 0. The Balaban J connectivity index is 1.48. The minimum atomic E-state index is -3.81. The van der Waals surface area contributed by atoms with Gasteiger partial charge in [0, 0.05) is 22.4 Å². The van der Waals surface area contributed by atoms with Crippen LogP contribution in [0, 0.1) is 0 Å². The van der Waals surface area contributed by atoms with Gasteiger partial charge in [0.2, 0.25) is 5.91 Å². The van der Waals surface area contributed by atoms with Gasteiger partial charge in [0.1, 0.15) is 12.3 Å². The van der Waals surface area contributed by atoms with E-state index in [1.807, 2.05) is 60.0 Å². The lowest BCUT2D eigenvalue weighted by Crippen LogP contribution is -2.41. The van der Waals surface area contributed by atoms with Crippen LogP contribution < -0.4 is 9.04 Å². The maximum atomic E-state index is 13.6. The highest BCUT2D eigenvalue weighted by molar-refractivity contribution is 7.93. The van der Waals surface area contributed by atoms with Gasteiger partial charge in [-0.25, -0.2) is 8.42 Å². The molecule has 0 bridgehead atoms. The summed E-state index contributed by atoms with van der Waals surface area (Å²) in [5.41, 5.74) is 1.41. The van der Waals surface area contributed by atoms with Crippen molar-refractivity contribution in [2.75, 3.05) is 18.0 Å². The molecule has 3 aromatic carbocycles. The molecule has 5 rings (SSSR count). The van der Waals surface area contributed by atoms with Crippen LogP contribution in [-0.4, -0.2) is 32.9 Å². The van der Waals surface area contributed by atoms with Gasteiger partial charge >= 0.3 is 0 Å². The molecule has 1 amide bonds. The molecule has 1 aromatic heterocycles. The molecule has 2 heterocycles. The molecule has 1 aliphatic rings. The molecule has 1 aliphatic heterocycles. The van der Waals surface area contributed by atoms with Gasteiger partial charge < -0.3 is 9.64 Å². The average molecular weight is 479 g/mol. The first kappa shape index (κ1) is 21.5. The lowest BCUT2D eigenvalue weighted by Gasteiger charge is -2.26. The molecule has 0 radical (unpaired) electrons. The van der Waals surface area contributed by atoms with Gasteiger partial charge in [-0.1, -0.05) is 48.5 Å². The smallest absolute Gasteiger partial charge is 0.265 e. The molecule has 0 fully saturated rings. The van der Waals surface area contributed by atoms with Crippen molar-refractivity contribution in [1.82, 2.24) is 4.90 Å². The first-order chi connectivity index (χ1) is 16.0. The van der Waals surface area contributed by atoms with Gasteiger partial charge in [-0.15, -0.1) is 11.3 Å². The van der Waals surface area contributed by atoms with E-state index in [0.717, 1.165) is 15.8 Å². The third kappa shape index (κ3) is 3.85. The average Bonchev–Trinajstić information content (AvgIpc) is 3.41. The van der Waals surface area contributed by atoms with Crippen molar-refractivity contribution in [2.45, 2.75) is 18.0 Å². The number of carbonyl (C=O) groups is 1. The summed E-state index contributed by atoms with van der Waals surface area (Å²) in [4.78, 5) is 16.5. The number of hydrogen-bond donors (Lipinski definition) is 0. The Bertz CT molecular complexity index is 1430. The molecule has 4 aromatic rings. The van der Waals surface area contributed by atoms with Gasteiger partial charge in [-0.05, 0) is 35.0 Å². The number of sulfonamides is 1. The van der Waals surface area contributed by atoms with Crippen LogP contribution in [0.1, 0.15) is 10.4 Å². The topological polar surface area (TPSA) is 66.9 Å². The van der Waals surface area contributed by atoms with E-state index in [4.69, 9.17) is 4.74 Å². The lowest BCUT2D eigenvalue weighted by molar-refractivity contribution is -0.130. The van der Waals surface area contributed by atoms with Crippen LogP contribution in [0.15, 0.2) is 83.1 Å². The normalized spacial score (nSPS) is 13.9. The van der Waals surface area contributed by atoms with Gasteiger partial charge in [-0.2, -0.15) is 0 Å². The highest BCUT2D eigenvalue weighted by atomic mass is 32.2. The second-order valence-electron chi connectivity index (χ2n) is 7.78. The van der Waals surface area contributed by atoms with Crippen molar-refractivity contribution in [1.29, 1.82) is 0 Å². The predicted molar refractivity (Wildman–Crippen MR) is 130 cm³/mol. The van der Waals surface area contributed by atoms with Crippen LogP contribution in [0.5, 0.6) is 5.75 Å². The Morgan fingerprint density at radius 2 is 1.76 bits per heavy atom. The van der Waals surface area contributed by atoms with Crippen LogP contribution >= 0.6 is 11.3 Å². The molecule has 0 aliphatic carbocycles. The summed E-state index contributed by atoms with van der Waals surface area (Å²) in [5, 5.41) is 3.47. The standard InChI is InChI=1S/C25H22N2O4S2/c1-31-22-12-3-2-7-19(22)15-26(16-20-10-6-14-32-20)24(28)17-27-21-11-4-8-18-9-5-13-23(25(18)21)33(27,29)30/h2-14H,15-17H2,1H3. The second kappa shape index (κ2) is 8.53. The largest absolute Gasteiger partial charge is 0.496 e. The fourth-order valence-corrected chi connectivity index (χ4v) is 6.59. The molecule has 0 saturated heterocycles. The van der Waals surface area contributed by atoms with Crippen molar-refractivity contribution in [3.05, 3.63) is 88.6 Å². The van der Waals surface area contributed by atoms with E-state index in [0.29, 0.717) is 29.9 Å². The highest BCUT2D eigenvalue weighted by Gasteiger charge is 2.37. The van der Waals surface area contributed by atoms with Gasteiger partial charge in [0.25, 0.3) is 10.0 Å². The zero-order chi connectivity index (χ0) is 23.0. The molecular formula is C25H22N2O4S2. The van der Waals surface area contributed by atoms with Crippen LogP contribution in [0.25, 0.3) is 10.8 Å². The van der Waals surface area contributed by atoms with Gasteiger partial charge in [0.05, 0.1) is 24.2 Å². The van der Waals surface area contributed by atoms with E-state index in [1.54, 1.807) is 41.5 Å². The van der Waals surface area contributed by atoms with Crippen molar-refractivity contribution < 1.29 is 17.9 Å². The summed E-state index contributed by atoms with van der Waals surface area (Å²) in [5.74, 6) is 0.412. The summed E-state index contributed by atoms with van der Waals surface area (Å²) in [6.45, 7) is 0.433. The number of benzene rings is 3. The third-order valence-corrected chi connectivity index (χ3v) is 8.46. The molecule has 0 N–H and O–H groups in total. The van der Waals surface area contributed by atoms with Crippen molar-refractivity contribution in [3.8, 4) is 5.75 Å². The number of amides is 1. The Labute approximate surface area is 196 Å². The molecule has 168 valence electrons. The Morgan fingerprint density at radius 3 is 2.52 bits per heavy atom. The maximum absolute atomic E-state index is 13.6. The number of rotatable bonds is 7. The van der Waals surface area contributed by atoms with E-state index < -0.39 is 10.0 Å². The zero-order valence-electron chi connectivity index (χ0n) is 18.0. The van der Waals surface area contributed by atoms with Crippen LogP contribution in [-0.2, 0) is 27.9 Å². The second-order valence-corrected chi connectivity index (χ2v) is 10.6. The van der Waals surface area contributed by atoms with Crippen LogP contribution in [0.2, 0.25) is 0 Å². The van der Waals surface area contributed by atoms with Gasteiger partial charge in [-0.3, -0.25) is 9.10 Å². The molecule has 0 atom stereocenters. The number of thiophene rings is 1. The van der Waals surface area contributed by atoms with E-state index in [-0.39, 0.29) is 17.3 Å². The Morgan fingerprint density at radius 1 is 0.970 bits per heavy atom. The van der Waals surface area contributed by atoms with Crippen molar-refractivity contribution >= 4 is 43.7 Å². The number of methoxy groups -OCH3 is 1. The number of carbonyl (C=O) groups excluding carboxylic acids is 1.